The average Bonchev–Trinajstić information content (AvgIpc) is 2.96. The Morgan fingerprint density at radius 1 is 1.00 bits per heavy atom. The SMILES string of the molecule is O=C(Nc1ccc(C(F)(F)F)cc1)C(=O)Nc1c[nH]c2cc(F)c(Br)cc12. The number of alkyl halides is 3. The van der Waals surface area contributed by atoms with Crippen LogP contribution in [0.3, 0.4) is 0 Å². The van der Waals surface area contributed by atoms with Gasteiger partial charge in [0.2, 0.25) is 0 Å². The van der Waals surface area contributed by atoms with Crippen LogP contribution in [0.15, 0.2) is 47.1 Å². The van der Waals surface area contributed by atoms with E-state index < -0.39 is 29.4 Å². The molecule has 10 heteroatoms. The number of hydrogen-bond donors (Lipinski definition) is 3. The number of H-pyrrole nitrogens is 1. The minimum atomic E-state index is -4.50. The van der Waals surface area contributed by atoms with Crippen molar-refractivity contribution in [1.29, 1.82) is 0 Å². The van der Waals surface area contributed by atoms with Crippen LogP contribution in [0.4, 0.5) is 28.9 Å². The Balaban J connectivity index is 1.71. The molecule has 0 saturated carbocycles. The molecular formula is C17H10BrF4N3O2. The molecule has 2 amide bonds. The monoisotopic (exact) mass is 443 g/mol. The third-order valence-electron chi connectivity index (χ3n) is 3.65. The topological polar surface area (TPSA) is 74.0 Å². The molecule has 5 nitrogen and oxygen atoms in total. The van der Waals surface area contributed by atoms with Crippen molar-refractivity contribution in [1.82, 2.24) is 4.98 Å². The first-order chi connectivity index (χ1) is 12.6. The van der Waals surface area contributed by atoms with Crippen LogP contribution in [0.5, 0.6) is 0 Å². The number of benzene rings is 2. The van der Waals surface area contributed by atoms with Crippen LogP contribution in [-0.4, -0.2) is 16.8 Å². The molecule has 3 rings (SSSR count). The van der Waals surface area contributed by atoms with Gasteiger partial charge in [0.15, 0.2) is 0 Å². The maximum absolute atomic E-state index is 13.5. The smallest absolute Gasteiger partial charge is 0.359 e. The highest BCUT2D eigenvalue weighted by molar-refractivity contribution is 9.10. The second-order valence-electron chi connectivity index (χ2n) is 5.50. The van der Waals surface area contributed by atoms with Gasteiger partial charge >= 0.3 is 18.0 Å². The van der Waals surface area contributed by atoms with E-state index in [2.05, 4.69) is 31.5 Å². The standard InChI is InChI=1S/C17H10BrF4N3O2/c18-11-5-10-13(6-12(11)19)23-7-14(10)25-16(27)15(26)24-9-3-1-8(2-4-9)17(20,21)22/h1-7,23H,(H,24,26)(H,25,27). The third-order valence-corrected chi connectivity index (χ3v) is 4.25. The molecule has 140 valence electrons. The lowest BCUT2D eigenvalue weighted by Crippen LogP contribution is -2.29. The quantitative estimate of drug-likeness (QED) is 0.397. The zero-order chi connectivity index (χ0) is 19.8. The molecule has 0 atom stereocenters. The first-order valence-corrected chi connectivity index (χ1v) is 8.20. The van der Waals surface area contributed by atoms with E-state index in [1.165, 1.54) is 18.3 Å². The highest BCUT2D eigenvalue weighted by Crippen LogP contribution is 2.30. The van der Waals surface area contributed by atoms with Gasteiger partial charge in [-0.2, -0.15) is 13.2 Å². The van der Waals surface area contributed by atoms with Gasteiger partial charge in [-0.25, -0.2) is 4.39 Å². The van der Waals surface area contributed by atoms with Crippen molar-refractivity contribution in [3.05, 3.63) is 58.4 Å². The van der Waals surface area contributed by atoms with Crippen molar-refractivity contribution in [3.8, 4) is 0 Å². The van der Waals surface area contributed by atoms with Crippen molar-refractivity contribution in [2.75, 3.05) is 10.6 Å². The second kappa shape index (κ2) is 7.03. The van der Waals surface area contributed by atoms with Gasteiger partial charge in [-0.1, -0.05) is 0 Å². The summed E-state index contributed by atoms with van der Waals surface area (Å²) in [6, 6.07) is 6.32. The number of anilines is 2. The Morgan fingerprint density at radius 2 is 1.63 bits per heavy atom. The highest BCUT2D eigenvalue weighted by Gasteiger charge is 2.30. The first kappa shape index (κ1) is 18.9. The molecule has 0 aliphatic rings. The van der Waals surface area contributed by atoms with Gasteiger partial charge in [0.1, 0.15) is 5.82 Å². The van der Waals surface area contributed by atoms with E-state index in [0.717, 1.165) is 24.3 Å². The van der Waals surface area contributed by atoms with Gasteiger partial charge in [0.05, 0.1) is 21.2 Å². The highest BCUT2D eigenvalue weighted by atomic mass is 79.9. The molecule has 3 aromatic rings. The molecule has 2 aromatic carbocycles. The molecule has 0 spiro atoms. The summed E-state index contributed by atoms with van der Waals surface area (Å²) in [7, 11) is 0. The Bertz CT molecular complexity index is 1030. The maximum Gasteiger partial charge on any atom is 0.416 e. The Morgan fingerprint density at radius 3 is 2.26 bits per heavy atom. The number of carbonyl (C=O) groups is 2. The fourth-order valence-corrected chi connectivity index (χ4v) is 2.67. The third kappa shape index (κ3) is 4.11. The van der Waals surface area contributed by atoms with Crippen LogP contribution in [0.1, 0.15) is 5.56 Å². The molecule has 0 aliphatic heterocycles. The summed E-state index contributed by atoms with van der Waals surface area (Å²) in [6.07, 6.45) is -3.11. The summed E-state index contributed by atoms with van der Waals surface area (Å²) in [6.45, 7) is 0. The van der Waals surface area contributed by atoms with Gasteiger partial charge in [-0.05, 0) is 52.3 Å². The van der Waals surface area contributed by atoms with Gasteiger partial charge < -0.3 is 15.6 Å². The fourth-order valence-electron chi connectivity index (χ4n) is 2.33. The predicted octanol–water partition coefficient (Wildman–Crippen LogP) is 4.67. The van der Waals surface area contributed by atoms with E-state index in [1.807, 2.05) is 0 Å². The number of amides is 2. The summed E-state index contributed by atoms with van der Waals surface area (Å²) in [5.41, 5.74) is -0.180. The number of fused-ring (bicyclic) bond motifs is 1. The number of rotatable bonds is 2. The van der Waals surface area contributed by atoms with Crippen molar-refractivity contribution >= 4 is 50.0 Å². The summed E-state index contributed by atoms with van der Waals surface area (Å²) < 4.78 is 51.2. The summed E-state index contributed by atoms with van der Waals surface area (Å²) in [4.78, 5) is 26.7. The van der Waals surface area contributed by atoms with Crippen molar-refractivity contribution in [3.63, 3.8) is 0 Å². The molecule has 0 aliphatic carbocycles. The molecular weight excluding hydrogens is 434 g/mol. The Hall–Kier alpha value is -2.88. The lowest BCUT2D eigenvalue weighted by atomic mass is 10.2. The normalized spacial score (nSPS) is 11.4. The average molecular weight is 444 g/mol. The largest absolute Gasteiger partial charge is 0.416 e. The fraction of sp³-hybridized carbons (Fsp3) is 0.0588. The van der Waals surface area contributed by atoms with Crippen LogP contribution in [0, 0.1) is 5.82 Å². The predicted molar refractivity (Wildman–Crippen MR) is 94.7 cm³/mol. The molecule has 0 fully saturated rings. The van der Waals surface area contributed by atoms with E-state index in [1.54, 1.807) is 0 Å². The summed E-state index contributed by atoms with van der Waals surface area (Å²) in [5, 5.41) is 5.04. The van der Waals surface area contributed by atoms with Crippen molar-refractivity contribution < 1.29 is 27.2 Å². The van der Waals surface area contributed by atoms with Crippen LogP contribution >= 0.6 is 15.9 Å². The van der Waals surface area contributed by atoms with Crippen LogP contribution in [0.2, 0.25) is 0 Å². The zero-order valence-electron chi connectivity index (χ0n) is 13.2. The lowest BCUT2D eigenvalue weighted by Gasteiger charge is -2.09. The van der Waals surface area contributed by atoms with Crippen molar-refractivity contribution in [2.45, 2.75) is 6.18 Å². The molecule has 3 N–H and O–H groups in total. The minimum absolute atomic E-state index is 0.0342. The molecule has 0 bridgehead atoms. The molecule has 0 unspecified atom stereocenters. The van der Waals surface area contributed by atoms with Crippen molar-refractivity contribution in [2.24, 2.45) is 0 Å². The number of nitrogens with one attached hydrogen (secondary N) is 3. The molecule has 0 saturated heterocycles. The van der Waals surface area contributed by atoms with Gasteiger partial charge in [0, 0.05) is 17.3 Å². The number of aromatic nitrogens is 1. The van der Waals surface area contributed by atoms with Gasteiger partial charge in [0.25, 0.3) is 0 Å². The van der Waals surface area contributed by atoms with Crippen LogP contribution in [-0.2, 0) is 15.8 Å². The number of aromatic amines is 1. The lowest BCUT2D eigenvalue weighted by molar-refractivity contribution is -0.137. The molecule has 1 aromatic heterocycles. The van der Waals surface area contributed by atoms with Crippen LogP contribution in [0.25, 0.3) is 10.9 Å². The van der Waals surface area contributed by atoms with E-state index >= 15 is 0 Å². The van der Waals surface area contributed by atoms with E-state index in [-0.39, 0.29) is 15.8 Å². The van der Waals surface area contributed by atoms with E-state index in [0.29, 0.717) is 10.9 Å². The van der Waals surface area contributed by atoms with Crippen LogP contribution < -0.4 is 10.6 Å². The maximum atomic E-state index is 13.5. The van der Waals surface area contributed by atoms with Gasteiger partial charge in [-0.3, -0.25) is 9.59 Å². The first-order valence-electron chi connectivity index (χ1n) is 7.41. The zero-order valence-corrected chi connectivity index (χ0v) is 14.8. The van der Waals surface area contributed by atoms with E-state index in [4.69, 9.17) is 0 Å². The number of carbonyl (C=O) groups excluding carboxylic acids is 2. The molecule has 0 radical (unpaired) electrons. The molecule has 27 heavy (non-hydrogen) atoms. The van der Waals surface area contributed by atoms with E-state index in [9.17, 15) is 27.2 Å². The Kier molecular flexibility index (Phi) is 4.92. The Labute approximate surface area is 157 Å². The second-order valence-corrected chi connectivity index (χ2v) is 6.35. The molecule has 1 heterocycles. The summed E-state index contributed by atoms with van der Waals surface area (Å²) in [5.74, 6) is -2.59. The minimum Gasteiger partial charge on any atom is -0.359 e. The number of halogens is 5. The van der Waals surface area contributed by atoms with Gasteiger partial charge in [-0.15, -0.1) is 0 Å². The summed E-state index contributed by atoms with van der Waals surface area (Å²) >= 11 is 3.03. The number of hydrogen-bond acceptors (Lipinski definition) is 2.